The minimum atomic E-state index is -0.195. The molecular formula is C15H18BrNS. The molecule has 1 fully saturated rings. The first kappa shape index (κ1) is 14.0. The van der Waals surface area contributed by atoms with E-state index in [9.17, 15) is 5.26 Å². The van der Waals surface area contributed by atoms with E-state index >= 15 is 0 Å². The highest BCUT2D eigenvalue weighted by Crippen LogP contribution is 2.60. The molecule has 0 saturated heterocycles. The van der Waals surface area contributed by atoms with Crippen molar-refractivity contribution >= 4 is 27.7 Å². The fourth-order valence-corrected chi connectivity index (χ4v) is 4.60. The predicted octanol–water partition coefficient (Wildman–Crippen LogP) is 5.40. The number of nitriles is 1. The van der Waals surface area contributed by atoms with E-state index in [2.05, 4.69) is 48.0 Å². The van der Waals surface area contributed by atoms with Crippen LogP contribution >= 0.6 is 27.7 Å². The fourth-order valence-electron chi connectivity index (χ4n) is 2.81. The topological polar surface area (TPSA) is 23.8 Å². The summed E-state index contributed by atoms with van der Waals surface area (Å²) < 4.78 is 0.891. The van der Waals surface area contributed by atoms with Crippen molar-refractivity contribution in [3.8, 4) is 6.07 Å². The maximum atomic E-state index is 9.50. The van der Waals surface area contributed by atoms with Crippen LogP contribution in [0.2, 0.25) is 0 Å². The van der Waals surface area contributed by atoms with E-state index in [1.165, 1.54) is 17.7 Å². The largest absolute Gasteiger partial charge is 0.197 e. The number of rotatable bonds is 4. The number of hydrogen-bond acceptors (Lipinski definition) is 2. The summed E-state index contributed by atoms with van der Waals surface area (Å²) in [4.78, 5) is 1.19. The molecule has 18 heavy (non-hydrogen) atoms. The van der Waals surface area contributed by atoms with Crippen molar-refractivity contribution < 1.29 is 0 Å². The van der Waals surface area contributed by atoms with Crippen LogP contribution in [-0.2, 0) is 0 Å². The lowest BCUT2D eigenvalue weighted by molar-refractivity contribution is 0.0984. The second kappa shape index (κ2) is 5.27. The average molecular weight is 324 g/mol. The molecule has 0 aromatic heterocycles. The van der Waals surface area contributed by atoms with Gasteiger partial charge in [-0.15, -0.1) is 11.8 Å². The van der Waals surface area contributed by atoms with Crippen molar-refractivity contribution in [1.29, 1.82) is 5.26 Å². The number of hydrogen-bond donors (Lipinski definition) is 0. The van der Waals surface area contributed by atoms with E-state index in [1.54, 1.807) is 11.8 Å². The Morgan fingerprint density at radius 3 is 2.22 bits per heavy atom. The van der Waals surface area contributed by atoms with Crippen molar-refractivity contribution in [2.75, 3.05) is 0 Å². The first-order valence-corrected chi connectivity index (χ1v) is 8.04. The third-order valence-electron chi connectivity index (χ3n) is 4.15. The molecule has 96 valence electrons. The van der Waals surface area contributed by atoms with Crippen molar-refractivity contribution in [2.45, 2.75) is 49.2 Å². The molecule has 1 aromatic carbocycles. The van der Waals surface area contributed by atoms with E-state index in [1.807, 2.05) is 12.1 Å². The van der Waals surface area contributed by atoms with Gasteiger partial charge in [-0.25, -0.2) is 0 Å². The smallest absolute Gasteiger partial charge is 0.108 e. The van der Waals surface area contributed by atoms with Crippen LogP contribution in [-0.4, -0.2) is 4.75 Å². The molecule has 0 amide bonds. The molecule has 2 rings (SSSR count). The first-order valence-electron chi connectivity index (χ1n) is 6.43. The van der Waals surface area contributed by atoms with Gasteiger partial charge in [-0.3, -0.25) is 0 Å². The van der Waals surface area contributed by atoms with Gasteiger partial charge < -0.3 is 0 Å². The Hall–Kier alpha value is -0.460. The molecule has 0 N–H and O–H groups in total. The SMILES string of the molecule is CCC1(CC)CC(C#N)(Sc2ccc(Br)cc2)C1. The Labute approximate surface area is 122 Å². The predicted molar refractivity (Wildman–Crippen MR) is 80.6 cm³/mol. The third-order valence-corrected chi connectivity index (χ3v) is 5.96. The monoisotopic (exact) mass is 323 g/mol. The van der Waals surface area contributed by atoms with E-state index in [-0.39, 0.29) is 4.75 Å². The van der Waals surface area contributed by atoms with E-state index in [4.69, 9.17) is 0 Å². The van der Waals surface area contributed by atoms with Gasteiger partial charge in [0.15, 0.2) is 0 Å². The second-order valence-electron chi connectivity index (χ2n) is 5.22. The van der Waals surface area contributed by atoms with Gasteiger partial charge in [0.05, 0.1) is 6.07 Å². The molecule has 3 heteroatoms. The Morgan fingerprint density at radius 1 is 1.22 bits per heavy atom. The summed E-state index contributed by atoms with van der Waals surface area (Å²) in [7, 11) is 0. The number of benzene rings is 1. The third kappa shape index (κ3) is 2.60. The summed E-state index contributed by atoms with van der Waals surface area (Å²) in [5, 5.41) is 9.50. The summed E-state index contributed by atoms with van der Waals surface area (Å²) in [6.07, 6.45) is 4.44. The second-order valence-corrected chi connectivity index (χ2v) is 7.60. The molecular weight excluding hydrogens is 306 g/mol. The van der Waals surface area contributed by atoms with Crippen LogP contribution in [0.5, 0.6) is 0 Å². The van der Waals surface area contributed by atoms with E-state index < -0.39 is 0 Å². The number of nitrogens with zero attached hydrogens (tertiary/aromatic N) is 1. The Balaban J connectivity index is 2.09. The summed E-state index contributed by atoms with van der Waals surface area (Å²) in [5.41, 5.74) is 0.415. The molecule has 0 atom stereocenters. The molecule has 0 heterocycles. The Kier molecular flexibility index (Phi) is 4.08. The highest BCUT2D eigenvalue weighted by atomic mass is 79.9. The van der Waals surface area contributed by atoms with Crippen molar-refractivity contribution in [1.82, 2.24) is 0 Å². The lowest BCUT2D eigenvalue weighted by atomic mass is 9.59. The van der Waals surface area contributed by atoms with Crippen LogP contribution in [0.25, 0.3) is 0 Å². The standard InChI is InChI=1S/C15H18BrNS/c1-3-14(4-2)9-15(10-14,11-17)18-13-7-5-12(16)6-8-13/h5-8H,3-4,9-10H2,1-2H3. The summed E-state index contributed by atoms with van der Waals surface area (Å²) in [5.74, 6) is 0. The van der Waals surface area contributed by atoms with Crippen LogP contribution < -0.4 is 0 Å². The van der Waals surface area contributed by atoms with Gasteiger partial charge >= 0.3 is 0 Å². The number of thioether (sulfide) groups is 1. The van der Waals surface area contributed by atoms with Gasteiger partial charge in [0.2, 0.25) is 0 Å². The molecule has 0 unspecified atom stereocenters. The van der Waals surface area contributed by atoms with Crippen molar-refractivity contribution in [3.05, 3.63) is 28.7 Å². The van der Waals surface area contributed by atoms with Gasteiger partial charge in [0.1, 0.15) is 4.75 Å². The van der Waals surface area contributed by atoms with Gasteiger partial charge in [-0.2, -0.15) is 5.26 Å². The van der Waals surface area contributed by atoms with Crippen LogP contribution in [0.1, 0.15) is 39.5 Å². The van der Waals surface area contributed by atoms with Crippen molar-refractivity contribution in [2.24, 2.45) is 5.41 Å². The fraction of sp³-hybridized carbons (Fsp3) is 0.533. The maximum absolute atomic E-state index is 9.50. The van der Waals surface area contributed by atoms with Gasteiger partial charge in [-0.1, -0.05) is 42.6 Å². The molecule has 1 aromatic rings. The van der Waals surface area contributed by atoms with E-state index in [0.717, 1.165) is 17.3 Å². The van der Waals surface area contributed by atoms with Crippen LogP contribution in [0, 0.1) is 16.7 Å². The zero-order chi connectivity index (χ0) is 13.2. The molecule has 1 aliphatic carbocycles. The Bertz CT molecular complexity index is 448. The summed E-state index contributed by atoms with van der Waals surface area (Å²) in [6.45, 7) is 4.49. The molecule has 0 aliphatic heterocycles. The van der Waals surface area contributed by atoms with Gasteiger partial charge in [0, 0.05) is 9.37 Å². The minimum absolute atomic E-state index is 0.195. The molecule has 0 spiro atoms. The molecule has 0 bridgehead atoms. The minimum Gasteiger partial charge on any atom is -0.197 e. The van der Waals surface area contributed by atoms with Gasteiger partial charge in [-0.05, 0) is 42.5 Å². The zero-order valence-corrected chi connectivity index (χ0v) is 13.3. The zero-order valence-electron chi connectivity index (χ0n) is 10.9. The summed E-state index contributed by atoms with van der Waals surface area (Å²) >= 11 is 5.18. The molecule has 1 nitrogen and oxygen atoms in total. The average Bonchev–Trinajstić information content (AvgIpc) is 2.36. The highest BCUT2D eigenvalue weighted by molar-refractivity contribution is 9.10. The van der Waals surface area contributed by atoms with Crippen LogP contribution in [0.15, 0.2) is 33.6 Å². The number of halogens is 1. The molecule has 1 aliphatic rings. The molecule has 0 radical (unpaired) electrons. The lowest BCUT2D eigenvalue weighted by Gasteiger charge is -2.52. The molecule has 1 saturated carbocycles. The highest BCUT2D eigenvalue weighted by Gasteiger charge is 2.53. The normalized spacial score (nSPS) is 19.9. The van der Waals surface area contributed by atoms with Crippen molar-refractivity contribution in [3.63, 3.8) is 0 Å². The van der Waals surface area contributed by atoms with Gasteiger partial charge in [0.25, 0.3) is 0 Å². The maximum Gasteiger partial charge on any atom is 0.108 e. The van der Waals surface area contributed by atoms with E-state index in [0.29, 0.717) is 5.41 Å². The first-order chi connectivity index (χ1) is 8.57. The lowest BCUT2D eigenvalue weighted by Crippen LogP contribution is -2.48. The summed E-state index contributed by atoms with van der Waals surface area (Å²) in [6, 6.07) is 10.8. The quantitative estimate of drug-likeness (QED) is 0.740. The van der Waals surface area contributed by atoms with Crippen LogP contribution in [0.3, 0.4) is 0 Å². The van der Waals surface area contributed by atoms with Crippen LogP contribution in [0.4, 0.5) is 0 Å². The Morgan fingerprint density at radius 2 is 1.78 bits per heavy atom.